The Morgan fingerprint density at radius 3 is 2.44 bits per heavy atom. The number of rotatable bonds is 5. The molecule has 0 bridgehead atoms. The van der Waals surface area contributed by atoms with E-state index in [0.29, 0.717) is 16.9 Å². The molecule has 0 aromatic heterocycles. The van der Waals surface area contributed by atoms with Gasteiger partial charge in [0.1, 0.15) is 0 Å². The van der Waals surface area contributed by atoms with Crippen LogP contribution in [0.15, 0.2) is 0 Å². The molecular weight excluding hydrogens is 224 g/mol. The Hall–Kier alpha value is -0.710. The zero-order valence-corrected chi connectivity index (χ0v) is 10.9. The molecule has 0 heterocycles. The summed E-state index contributed by atoms with van der Waals surface area (Å²) < 4.78 is 0. The first kappa shape index (κ1) is 13.4. The number of urea groups is 1. The molecule has 1 rings (SSSR count). The maximum absolute atomic E-state index is 11.4. The van der Waals surface area contributed by atoms with E-state index in [1.807, 2.05) is 0 Å². The summed E-state index contributed by atoms with van der Waals surface area (Å²) in [6.45, 7) is 6.33. The van der Waals surface area contributed by atoms with Crippen LogP contribution >= 0.6 is 11.8 Å². The summed E-state index contributed by atoms with van der Waals surface area (Å²) in [6.07, 6.45) is 2.06. The van der Waals surface area contributed by atoms with Crippen molar-refractivity contribution < 1.29 is 9.59 Å². The van der Waals surface area contributed by atoms with Gasteiger partial charge in [0, 0.05) is 11.3 Å². The van der Waals surface area contributed by atoms with Crippen molar-refractivity contribution >= 4 is 23.7 Å². The highest BCUT2D eigenvalue weighted by atomic mass is 32.2. The summed E-state index contributed by atoms with van der Waals surface area (Å²) in [5.74, 6) is 0.672. The predicted octanol–water partition coefficient (Wildman–Crippen LogP) is 1.75. The van der Waals surface area contributed by atoms with E-state index in [4.69, 9.17) is 0 Å². The van der Waals surface area contributed by atoms with Crippen LogP contribution in [0.25, 0.3) is 0 Å². The molecule has 4 nitrogen and oxygen atoms in total. The number of carbonyl (C=O) groups is 2. The lowest BCUT2D eigenvalue weighted by Crippen LogP contribution is -2.41. The fourth-order valence-corrected chi connectivity index (χ4v) is 1.88. The third-order valence-electron chi connectivity index (χ3n) is 2.58. The highest BCUT2D eigenvalue weighted by Gasteiger charge is 2.23. The molecular formula is C11H20N2O2S. The molecule has 0 radical (unpaired) electrons. The Bertz CT molecular complexity index is 265. The second-order valence-electron chi connectivity index (χ2n) is 4.56. The Morgan fingerprint density at radius 1 is 1.31 bits per heavy atom. The molecule has 0 aromatic carbocycles. The topological polar surface area (TPSA) is 58.2 Å². The molecule has 0 spiro atoms. The standard InChI is InChI=1S/C11H20N2O2S/c1-7(2)8(3)16-6-10(14)13-11(15)12-9-4-5-9/h7-9H,4-6H2,1-3H3,(H2,12,13,14,15). The average molecular weight is 244 g/mol. The minimum absolute atomic E-state index is 0.212. The number of hydrogen-bond donors (Lipinski definition) is 2. The number of thioether (sulfide) groups is 1. The normalized spacial score (nSPS) is 17.0. The van der Waals surface area contributed by atoms with Crippen LogP contribution in [0, 0.1) is 5.92 Å². The quantitative estimate of drug-likeness (QED) is 0.774. The number of hydrogen-bond acceptors (Lipinski definition) is 3. The van der Waals surface area contributed by atoms with Crippen molar-refractivity contribution in [1.29, 1.82) is 0 Å². The van der Waals surface area contributed by atoms with E-state index in [1.54, 1.807) is 11.8 Å². The molecule has 0 aromatic rings. The van der Waals surface area contributed by atoms with E-state index >= 15 is 0 Å². The van der Waals surface area contributed by atoms with Crippen LogP contribution in [-0.2, 0) is 4.79 Å². The predicted molar refractivity (Wildman–Crippen MR) is 66.5 cm³/mol. The Kier molecular flexibility index (Phi) is 5.12. The molecule has 92 valence electrons. The van der Waals surface area contributed by atoms with Gasteiger partial charge in [0.05, 0.1) is 5.75 Å². The van der Waals surface area contributed by atoms with Crippen molar-refractivity contribution in [2.45, 2.75) is 44.9 Å². The maximum Gasteiger partial charge on any atom is 0.321 e. The Labute approximate surface area is 101 Å². The first-order valence-electron chi connectivity index (χ1n) is 5.71. The van der Waals surface area contributed by atoms with Gasteiger partial charge in [0.2, 0.25) is 5.91 Å². The summed E-state index contributed by atoms with van der Waals surface area (Å²) in [6, 6.07) is -0.0691. The summed E-state index contributed by atoms with van der Waals surface area (Å²) >= 11 is 1.58. The monoisotopic (exact) mass is 244 g/mol. The SMILES string of the molecule is CC(C)C(C)SCC(=O)NC(=O)NC1CC1. The molecule has 1 unspecified atom stereocenters. The van der Waals surface area contributed by atoms with Crippen LogP contribution in [0.3, 0.4) is 0 Å². The lowest BCUT2D eigenvalue weighted by Gasteiger charge is -2.14. The van der Waals surface area contributed by atoms with Crippen LogP contribution in [0.1, 0.15) is 33.6 Å². The fourth-order valence-electron chi connectivity index (χ4n) is 1.01. The van der Waals surface area contributed by atoms with E-state index in [9.17, 15) is 9.59 Å². The molecule has 0 aliphatic heterocycles. The highest BCUT2D eigenvalue weighted by molar-refractivity contribution is 8.00. The molecule has 3 amide bonds. The van der Waals surface area contributed by atoms with Crippen LogP contribution in [0.5, 0.6) is 0 Å². The van der Waals surface area contributed by atoms with Crippen LogP contribution in [-0.4, -0.2) is 29.0 Å². The summed E-state index contributed by atoms with van der Waals surface area (Å²) in [7, 11) is 0. The molecule has 16 heavy (non-hydrogen) atoms. The molecule has 5 heteroatoms. The fraction of sp³-hybridized carbons (Fsp3) is 0.818. The number of imide groups is 1. The lowest BCUT2D eigenvalue weighted by molar-refractivity contribution is -0.117. The van der Waals surface area contributed by atoms with Crippen molar-refractivity contribution in [3.8, 4) is 0 Å². The van der Waals surface area contributed by atoms with Gasteiger partial charge in [0.25, 0.3) is 0 Å². The lowest BCUT2D eigenvalue weighted by atomic mass is 10.2. The molecule has 2 N–H and O–H groups in total. The first-order chi connectivity index (χ1) is 7.49. The van der Waals surface area contributed by atoms with Crippen LogP contribution < -0.4 is 10.6 Å². The molecule has 1 atom stereocenters. The molecule has 1 saturated carbocycles. The summed E-state index contributed by atoms with van der Waals surface area (Å²) in [5.41, 5.74) is 0. The average Bonchev–Trinajstić information content (AvgIpc) is 2.97. The molecule has 0 saturated heterocycles. The smallest absolute Gasteiger partial charge is 0.321 e. The molecule has 1 aliphatic carbocycles. The van der Waals surface area contributed by atoms with Crippen LogP contribution in [0.4, 0.5) is 4.79 Å². The summed E-state index contributed by atoms with van der Waals surface area (Å²) in [4.78, 5) is 22.6. The van der Waals surface area contributed by atoms with E-state index in [-0.39, 0.29) is 18.0 Å². The highest BCUT2D eigenvalue weighted by Crippen LogP contribution is 2.19. The van der Waals surface area contributed by atoms with Gasteiger partial charge in [-0.1, -0.05) is 20.8 Å². The Morgan fingerprint density at radius 2 is 1.94 bits per heavy atom. The van der Waals surface area contributed by atoms with Crippen molar-refractivity contribution in [1.82, 2.24) is 10.6 Å². The molecule has 1 aliphatic rings. The van der Waals surface area contributed by atoms with E-state index in [1.165, 1.54) is 0 Å². The van der Waals surface area contributed by atoms with Crippen LogP contribution in [0.2, 0.25) is 0 Å². The zero-order chi connectivity index (χ0) is 12.1. The van der Waals surface area contributed by atoms with Crippen molar-refractivity contribution in [3.05, 3.63) is 0 Å². The van der Waals surface area contributed by atoms with Gasteiger partial charge in [-0.3, -0.25) is 10.1 Å². The second-order valence-corrected chi connectivity index (χ2v) is 5.92. The van der Waals surface area contributed by atoms with E-state index in [2.05, 4.69) is 31.4 Å². The second kappa shape index (κ2) is 6.13. The first-order valence-corrected chi connectivity index (χ1v) is 6.76. The van der Waals surface area contributed by atoms with E-state index in [0.717, 1.165) is 12.8 Å². The Balaban J connectivity index is 2.11. The minimum atomic E-state index is -0.356. The van der Waals surface area contributed by atoms with Crippen molar-refractivity contribution in [2.24, 2.45) is 5.92 Å². The third kappa shape index (κ3) is 5.39. The number of carbonyl (C=O) groups excluding carboxylic acids is 2. The van der Waals surface area contributed by atoms with Gasteiger partial charge in [-0.05, 0) is 18.8 Å². The van der Waals surface area contributed by atoms with Gasteiger partial charge in [-0.2, -0.15) is 0 Å². The van der Waals surface area contributed by atoms with Gasteiger partial charge in [-0.15, -0.1) is 11.8 Å². The number of nitrogens with one attached hydrogen (secondary N) is 2. The molecule has 1 fully saturated rings. The number of amides is 3. The van der Waals surface area contributed by atoms with Gasteiger partial charge in [0.15, 0.2) is 0 Å². The van der Waals surface area contributed by atoms with E-state index < -0.39 is 0 Å². The van der Waals surface area contributed by atoms with Crippen molar-refractivity contribution in [2.75, 3.05) is 5.75 Å². The summed E-state index contributed by atoms with van der Waals surface area (Å²) in [5, 5.41) is 5.48. The van der Waals surface area contributed by atoms with Gasteiger partial charge >= 0.3 is 6.03 Å². The van der Waals surface area contributed by atoms with Gasteiger partial charge < -0.3 is 5.32 Å². The van der Waals surface area contributed by atoms with Crippen molar-refractivity contribution in [3.63, 3.8) is 0 Å². The third-order valence-corrected chi connectivity index (χ3v) is 4.08. The van der Waals surface area contributed by atoms with Gasteiger partial charge in [-0.25, -0.2) is 4.79 Å². The minimum Gasteiger partial charge on any atom is -0.335 e. The maximum atomic E-state index is 11.4. The zero-order valence-electron chi connectivity index (χ0n) is 10.1. The largest absolute Gasteiger partial charge is 0.335 e.